The van der Waals surface area contributed by atoms with Crippen molar-refractivity contribution < 1.29 is 4.74 Å². The van der Waals surface area contributed by atoms with Gasteiger partial charge >= 0.3 is 0 Å². The van der Waals surface area contributed by atoms with Gasteiger partial charge in [0.25, 0.3) is 0 Å². The first kappa shape index (κ1) is 13.3. The minimum Gasteiger partial charge on any atom is -0.377 e. The summed E-state index contributed by atoms with van der Waals surface area (Å²) >= 11 is 0. The van der Waals surface area contributed by atoms with E-state index in [0.717, 1.165) is 25.1 Å². The Hall–Kier alpha value is -0.120. The molecule has 0 bridgehead atoms. The zero-order chi connectivity index (χ0) is 12.1. The van der Waals surface area contributed by atoms with Gasteiger partial charge in [-0.05, 0) is 52.1 Å². The Morgan fingerprint density at radius 1 is 1.12 bits per heavy atom. The van der Waals surface area contributed by atoms with Crippen LogP contribution in [0, 0.1) is 5.92 Å². The fraction of sp³-hybridized carbons (Fsp3) is 1.00. The third-order valence-corrected chi connectivity index (χ3v) is 4.37. The highest BCUT2D eigenvalue weighted by atomic mass is 16.5. The Kier molecular flexibility index (Phi) is 5.26. The molecule has 1 aliphatic carbocycles. The van der Waals surface area contributed by atoms with Crippen LogP contribution in [0.3, 0.4) is 0 Å². The molecule has 1 saturated carbocycles. The SMILES string of the molecule is CNC1CCCC1CN(C)CC1CCCCO1. The van der Waals surface area contributed by atoms with Crippen molar-refractivity contribution in [3.63, 3.8) is 0 Å². The van der Waals surface area contributed by atoms with Crippen LogP contribution in [0.2, 0.25) is 0 Å². The summed E-state index contributed by atoms with van der Waals surface area (Å²) in [5, 5.41) is 3.47. The van der Waals surface area contributed by atoms with Crippen molar-refractivity contribution in [3.8, 4) is 0 Å². The van der Waals surface area contributed by atoms with E-state index in [1.165, 1.54) is 45.1 Å². The van der Waals surface area contributed by atoms with Crippen molar-refractivity contribution in [2.75, 3.05) is 33.8 Å². The maximum Gasteiger partial charge on any atom is 0.0701 e. The zero-order valence-corrected chi connectivity index (χ0v) is 11.5. The molecular weight excluding hydrogens is 212 g/mol. The highest BCUT2D eigenvalue weighted by molar-refractivity contribution is 4.84. The number of nitrogens with zero attached hydrogens (tertiary/aromatic N) is 1. The van der Waals surface area contributed by atoms with Crippen molar-refractivity contribution in [1.29, 1.82) is 0 Å². The summed E-state index contributed by atoms with van der Waals surface area (Å²) < 4.78 is 5.81. The minimum absolute atomic E-state index is 0.489. The molecule has 0 aromatic heterocycles. The summed E-state index contributed by atoms with van der Waals surface area (Å²) in [5.41, 5.74) is 0. The van der Waals surface area contributed by atoms with E-state index in [2.05, 4.69) is 24.3 Å². The van der Waals surface area contributed by atoms with Gasteiger partial charge in [0.1, 0.15) is 0 Å². The zero-order valence-electron chi connectivity index (χ0n) is 11.5. The van der Waals surface area contributed by atoms with E-state index < -0.39 is 0 Å². The van der Waals surface area contributed by atoms with Crippen LogP contribution in [0.15, 0.2) is 0 Å². The van der Waals surface area contributed by atoms with Crippen LogP contribution < -0.4 is 5.32 Å². The van der Waals surface area contributed by atoms with Crippen LogP contribution in [0.1, 0.15) is 38.5 Å². The van der Waals surface area contributed by atoms with Crippen molar-refractivity contribution in [1.82, 2.24) is 10.2 Å². The van der Waals surface area contributed by atoms with Gasteiger partial charge in [0, 0.05) is 25.7 Å². The van der Waals surface area contributed by atoms with E-state index >= 15 is 0 Å². The molecule has 0 spiro atoms. The highest BCUT2D eigenvalue weighted by Crippen LogP contribution is 2.26. The van der Waals surface area contributed by atoms with Crippen LogP contribution in [0.25, 0.3) is 0 Å². The quantitative estimate of drug-likeness (QED) is 0.794. The lowest BCUT2D eigenvalue weighted by molar-refractivity contribution is -0.00379. The third kappa shape index (κ3) is 3.94. The largest absolute Gasteiger partial charge is 0.377 e. The first-order valence-corrected chi connectivity index (χ1v) is 7.27. The standard InChI is InChI=1S/C14H28N2O/c1-15-14-8-5-6-12(14)10-16(2)11-13-7-3-4-9-17-13/h12-15H,3-11H2,1-2H3. The first-order chi connectivity index (χ1) is 8.29. The monoisotopic (exact) mass is 240 g/mol. The Bertz CT molecular complexity index is 216. The Balaban J connectivity index is 1.70. The summed E-state index contributed by atoms with van der Waals surface area (Å²) in [5.74, 6) is 0.841. The van der Waals surface area contributed by atoms with E-state index in [1.807, 2.05) is 0 Å². The number of ether oxygens (including phenoxy) is 1. The smallest absolute Gasteiger partial charge is 0.0701 e. The van der Waals surface area contributed by atoms with Gasteiger partial charge in [0.2, 0.25) is 0 Å². The van der Waals surface area contributed by atoms with Gasteiger partial charge in [-0.2, -0.15) is 0 Å². The van der Waals surface area contributed by atoms with Crippen molar-refractivity contribution in [2.45, 2.75) is 50.7 Å². The fourth-order valence-corrected chi connectivity index (χ4v) is 3.41. The molecule has 17 heavy (non-hydrogen) atoms. The second kappa shape index (κ2) is 6.72. The lowest BCUT2D eigenvalue weighted by atomic mass is 10.0. The summed E-state index contributed by atoms with van der Waals surface area (Å²) in [6, 6.07) is 0.740. The molecule has 1 saturated heterocycles. The van der Waals surface area contributed by atoms with Crippen LogP contribution in [0.5, 0.6) is 0 Å². The second-order valence-electron chi connectivity index (χ2n) is 5.80. The minimum atomic E-state index is 0.489. The predicted octanol–water partition coefficient (Wildman–Crippen LogP) is 1.88. The van der Waals surface area contributed by atoms with Gasteiger partial charge in [-0.3, -0.25) is 0 Å². The summed E-state index contributed by atoms with van der Waals surface area (Å²) in [7, 11) is 4.36. The van der Waals surface area contributed by atoms with E-state index in [0.29, 0.717) is 6.10 Å². The Morgan fingerprint density at radius 2 is 2.00 bits per heavy atom. The molecule has 0 aromatic rings. The van der Waals surface area contributed by atoms with E-state index in [-0.39, 0.29) is 0 Å². The number of likely N-dealkylation sites (N-methyl/N-ethyl adjacent to an activating group) is 1. The highest BCUT2D eigenvalue weighted by Gasteiger charge is 2.27. The Labute approximate surface area is 106 Å². The van der Waals surface area contributed by atoms with Gasteiger partial charge in [-0.1, -0.05) is 6.42 Å². The first-order valence-electron chi connectivity index (χ1n) is 7.27. The summed E-state index contributed by atoms with van der Waals surface area (Å²) in [4.78, 5) is 2.48. The third-order valence-electron chi connectivity index (χ3n) is 4.37. The topological polar surface area (TPSA) is 24.5 Å². The molecule has 3 nitrogen and oxygen atoms in total. The van der Waals surface area contributed by atoms with Crippen LogP contribution in [-0.4, -0.2) is 50.8 Å². The maximum absolute atomic E-state index is 5.81. The fourth-order valence-electron chi connectivity index (χ4n) is 3.41. The molecular formula is C14H28N2O. The number of nitrogens with one attached hydrogen (secondary N) is 1. The van der Waals surface area contributed by atoms with E-state index in [9.17, 15) is 0 Å². The van der Waals surface area contributed by atoms with E-state index in [4.69, 9.17) is 4.74 Å². The number of hydrogen-bond donors (Lipinski definition) is 1. The molecule has 2 aliphatic rings. The van der Waals surface area contributed by atoms with Crippen molar-refractivity contribution in [3.05, 3.63) is 0 Å². The molecule has 3 unspecified atom stereocenters. The lowest BCUT2D eigenvalue weighted by Gasteiger charge is -2.30. The molecule has 100 valence electrons. The normalized spacial score (nSPS) is 34.4. The number of hydrogen-bond acceptors (Lipinski definition) is 3. The molecule has 3 heteroatoms. The van der Waals surface area contributed by atoms with E-state index in [1.54, 1.807) is 0 Å². The molecule has 0 aromatic carbocycles. The van der Waals surface area contributed by atoms with Gasteiger partial charge < -0.3 is 15.0 Å². The molecule has 3 atom stereocenters. The van der Waals surface area contributed by atoms with Gasteiger partial charge in [-0.15, -0.1) is 0 Å². The van der Waals surface area contributed by atoms with Crippen LogP contribution >= 0.6 is 0 Å². The number of rotatable bonds is 5. The molecule has 1 N–H and O–H groups in total. The van der Waals surface area contributed by atoms with Crippen LogP contribution in [0.4, 0.5) is 0 Å². The molecule has 1 aliphatic heterocycles. The van der Waals surface area contributed by atoms with Crippen molar-refractivity contribution in [2.24, 2.45) is 5.92 Å². The average Bonchev–Trinajstić information content (AvgIpc) is 2.77. The van der Waals surface area contributed by atoms with Gasteiger partial charge in [0.05, 0.1) is 6.10 Å². The second-order valence-corrected chi connectivity index (χ2v) is 5.80. The Morgan fingerprint density at radius 3 is 2.71 bits per heavy atom. The average molecular weight is 240 g/mol. The van der Waals surface area contributed by atoms with Crippen molar-refractivity contribution >= 4 is 0 Å². The predicted molar refractivity (Wildman–Crippen MR) is 71.3 cm³/mol. The summed E-state index contributed by atoms with van der Waals surface area (Å²) in [6.07, 6.45) is 8.49. The van der Waals surface area contributed by atoms with Gasteiger partial charge in [-0.25, -0.2) is 0 Å². The molecule has 0 radical (unpaired) electrons. The van der Waals surface area contributed by atoms with Crippen LogP contribution in [-0.2, 0) is 4.74 Å². The molecule has 1 heterocycles. The lowest BCUT2D eigenvalue weighted by Crippen LogP contribution is -2.40. The summed E-state index contributed by atoms with van der Waals surface area (Å²) in [6.45, 7) is 3.32. The van der Waals surface area contributed by atoms with Gasteiger partial charge in [0.15, 0.2) is 0 Å². The molecule has 2 rings (SSSR count). The maximum atomic E-state index is 5.81. The molecule has 0 amide bonds. The molecule has 2 fully saturated rings.